The number of carbonyl (C=O) groups is 2. The maximum absolute atomic E-state index is 12.6. The third-order valence-corrected chi connectivity index (χ3v) is 4.28. The molecule has 0 atom stereocenters. The number of furan rings is 1. The number of Topliss-reactive ketones (excluding diaryl/α,β-unsaturated/α-hetero) is 1. The first-order valence-electron chi connectivity index (χ1n) is 8.10. The first-order valence-corrected chi connectivity index (χ1v) is 8.10. The van der Waals surface area contributed by atoms with Crippen molar-refractivity contribution in [1.82, 2.24) is 9.80 Å². The average molecular weight is 366 g/mol. The molecule has 0 radical (unpaired) electrons. The second-order valence-corrected chi connectivity index (χ2v) is 6.04. The Morgan fingerprint density at radius 3 is 2.19 bits per heavy atom. The van der Waals surface area contributed by atoms with Crippen LogP contribution in [0.5, 0.6) is 0 Å². The van der Waals surface area contributed by atoms with Gasteiger partial charge in [0.25, 0.3) is 5.91 Å². The Bertz CT molecular complexity index is 762. The third kappa shape index (κ3) is 4.13. The van der Waals surface area contributed by atoms with Crippen molar-refractivity contribution in [2.24, 2.45) is 0 Å². The van der Waals surface area contributed by atoms with Crippen molar-refractivity contribution in [3.63, 3.8) is 0 Å². The summed E-state index contributed by atoms with van der Waals surface area (Å²) in [4.78, 5) is 27.9. The highest BCUT2D eigenvalue weighted by atomic mass is 19.4. The maximum Gasteiger partial charge on any atom is 0.416 e. The van der Waals surface area contributed by atoms with Crippen LogP contribution in [0.2, 0.25) is 0 Å². The van der Waals surface area contributed by atoms with E-state index in [2.05, 4.69) is 0 Å². The van der Waals surface area contributed by atoms with Crippen LogP contribution in [0, 0.1) is 0 Å². The van der Waals surface area contributed by atoms with E-state index in [-0.39, 0.29) is 23.8 Å². The van der Waals surface area contributed by atoms with Gasteiger partial charge in [0.2, 0.25) is 5.78 Å². The minimum Gasteiger partial charge on any atom is -0.461 e. The number of hydrogen-bond donors (Lipinski definition) is 0. The Morgan fingerprint density at radius 2 is 1.65 bits per heavy atom. The molecule has 2 aromatic rings. The zero-order chi connectivity index (χ0) is 18.7. The molecular formula is C18H17F3N2O3. The lowest BCUT2D eigenvalue weighted by Crippen LogP contribution is -2.49. The molecule has 1 aliphatic rings. The SMILES string of the molecule is O=C(CN1CCN(C(=O)c2ccc(C(F)(F)F)cc2)CC1)c1ccco1. The summed E-state index contributed by atoms with van der Waals surface area (Å²) >= 11 is 0. The molecule has 1 aromatic carbocycles. The summed E-state index contributed by atoms with van der Waals surface area (Å²) in [7, 11) is 0. The van der Waals surface area contributed by atoms with Crippen LogP contribution < -0.4 is 0 Å². The van der Waals surface area contributed by atoms with Gasteiger partial charge >= 0.3 is 6.18 Å². The normalized spacial score (nSPS) is 15.9. The lowest BCUT2D eigenvalue weighted by atomic mass is 10.1. The van der Waals surface area contributed by atoms with Gasteiger partial charge in [-0.3, -0.25) is 14.5 Å². The van der Waals surface area contributed by atoms with E-state index in [0.717, 1.165) is 12.1 Å². The molecule has 0 N–H and O–H groups in total. The van der Waals surface area contributed by atoms with E-state index in [4.69, 9.17) is 4.42 Å². The minimum atomic E-state index is -4.42. The van der Waals surface area contributed by atoms with Crippen LogP contribution in [0.3, 0.4) is 0 Å². The fraction of sp³-hybridized carbons (Fsp3) is 0.333. The molecule has 5 nitrogen and oxygen atoms in total. The largest absolute Gasteiger partial charge is 0.461 e. The van der Waals surface area contributed by atoms with Gasteiger partial charge in [0.1, 0.15) is 0 Å². The molecule has 0 bridgehead atoms. The molecule has 1 aromatic heterocycles. The first-order chi connectivity index (χ1) is 12.3. The van der Waals surface area contributed by atoms with Gasteiger partial charge in [-0.2, -0.15) is 13.2 Å². The summed E-state index contributed by atoms with van der Waals surface area (Å²) in [6.07, 6.45) is -2.98. The fourth-order valence-electron chi connectivity index (χ4n) is 2.81. The molecule has 1 aliphatic heterocycles. The molecule has 1 saturated heterocycles. The molecule has 138 valence electrons. The summed E-state index contributed by atoms with van der Waals surface area (Å²) < 4.78 is 42.8. The molecule has 0 unspecified atom stereocenters. The van der Waals surface area contributed by atoms with E-state index in [1.165, 1.54) is 18.4 Å². The Labute approximate surface area is 148 Å². The van der Waals surface area contributed by atoms with Gasteiger partial charge in [0.15, 0.2) is 5.76 Å². The zero-order valence-electron chi connectivity index (χ0n) is 13.8. The van der Waals surface area contributed by atoms with Crippen molar-refractivity contribution in [2.75, 3.05) is 32.7 Å². The number of alkyl halides is 3. The maximum atomic E-state index is 12.6. The lowest BCUT2D eigenvalue weighted by molar-refractivity contribution is -0.137. The summed E-state index contributed by atoms with van der Waals surface area (Å²) in [5.74, 6) is -0.137. The first kappa shape index (κ1) is 18.2. The van der Waals surface area contributed by atoms with Gasteiger partial charge in [0.05, 0.1) is 18.4 Å². The van der Waals surface area contributed by atoms with E-state index in [0.29, 0.717) is 31.9 Å². The van der Waals surface area contributed by atoms with Gasteiger partial charge in [-0.25, -0.2) is 0 Å². The van der Waals surface area contributed by atoms with Crippen LogP contribution in [-0.2, 0) is 6.18 Å². The van der Waals surface area contributed by atoms with Crippen molar-refractivity contribution in [3.8, 4) is 0 Å². The molecule has 1 fully saturated rings. The zero-order valence-corrected chi connectivity index (χ0v) is 13.8. The van der Waals surface area contributed by atoms with Crippen LogP contribution >= 0.6 is 0 Å². The van der Waals surface area contributed by atoms with E-state index in [1.807, 2.05) is 4.90 Å². The fourth-order valence-corrected chi connectivity index (χ4v) is 2.81. The predicted octanol–water partition coefficient (Wildman–Crippen LogP) is 2.94. The second-order valence-electron chi connectivity index (χ2n) is 6.04. The van der Waals surface area contributed by atoms with Crippen molar-refractivity contribution in [1.29, 1.82) is 0 Å². The van der Waals surface area contributed by atoms with Crippen molar-refractivity contribution in [3.05, 3.63) is 59.5 Å². The number of rotatable bonds is 4. The summed E-state index contributed by atoms with van der Waals surface area (Å²) in [6, 6.07) is 7.45. The monoisotopic (exact) mass is 366 g/mol. The van der Waals surface area contributed by atoms with Gasteiger partial charge in [-0.15, -0.1) is 0 Å². The molecule has 8 heteroatoms. The summed E-state index contributed by atoms with van der Waals surface area (Å²) in [6.45, 7) is 2.05. The Morgan fingerprint density at radius 1 is 1.00 bits per heavy atom. The van der Waals surface area contributed by atoms with Crippen LogP contribution in [0.15, 0.2) is 47.1 Å². The molecular weight excluding hydrogens is 349 g/mol. The quantitative estimate of drug-likeness (QED) is 0.781. The Hall–Kier alpha value is -2.61. The van der Waals surface area contributed by atoms with E-state index < -0.39 is 11.7 Å². The summed E-state index contributed by atoms with van der Waals surface area (Å²) in [5, 5.41) is 0. The number of benzene rings is 1. The number of halogens is 3. The van der Waals surface area contributed by atoms with Gasteiger partial charge in [-0.05, 0) is 36.4 Å². The van der Waals surface area contributed by atoms with E-state index >= 15 is 0 Å². The molecule has 1 amide bonds. The highest BCUT2D eigenvalue weighted by molar-refractivity contribution is 5.95. The smallest absolute Gasteiger partial charge is 0.416 e. The van der Waals surface area contributed by atoms with Crippen molar-refractivity contribution < 1.29 is 27.2 Å². The van der Waals surface area contributed by atoms with Crippen molar-refractivity contribution in [2.45, 2.75) is 6.18 Å². The number of amides is 1. The Kier molecular flexibility index (Phi) is 5.13. The molecule has 2 heterocycles. The van der Waals surface area contributed by atoms with Gasteiger partial charge in [0, 0.05) is 31.7 Å². The lowest BCUT2D eigenvalue weighted by Gasteiger charge is -2.34. The number of nitrogens with zero attached hydrogens (tertiary/aromatic N) is 2. The third-order valence-electron chi connectivity index (χ3n) is 4.28. The predicted molar refractivity (Wildman–Crippen MR) is 86.8 cm³/mol. The topological polar surface area (TPSA) is 53.8 Å². The number of hydrogen-bond acceptors (Lipinski definition) is 4. The van der Waals surface area contributed by atoms with E-state index in [9.17, 15) is 22.8 Å². The van der Waals surface area contributed by atoms with Crippen LogP contribution in [0.4, 0.5) is 13.2 Å². The minimum absolute atomic E-state index is 0.127. The van der Waals surface area contributed by atoms with Gasteiger partial charge < -0.3 is 9.32 Å². The number of piperazine rings is 1. The second kappa shape index (κ2) is 7.33. The highest BCUT2D eigenvalue weighted by Crippen LogP contribution is 2.29. The molecule has 3 rings (SSSR count). The standard InChI is InChI=1S/C18H17F3N2O3/c19-18(20,21)14-5-3-13(4-6-14)17(25)23-9-7-22(8-10-23)12-15(24)16-2-1-11-26-16/h1-6,11H,7-10,12H2. The molecule has 26 heavy (non-hydrogen) atoms. The van der Waals surface area contributed by atoms with Crippen LogP contribution in [-0.4, -0.2) is 54.2 Å². The molecule has 0 spiro atoms. The molecule has 0 saturated carbocycles. The van der Waals surface area contributed by atoms with Crippen LogP contribution in [0.25, 0.3) is 0 Å². The van der Waals surface area contributed by atoms with Crippen molar-refractivity contribution >= 4 is 11.7 Å². The Balaban J connectivity index is 1.54. The summed E-state index contributed by atoms with van der Waals surface area (Å²) in [5.41, 5.74) is -0.562. The number of ketones is 1. The van der Waals surface area contributed by atoms with Gasteiger partial charge in [-0.1, -0.05) is 0 Å². The van der Waals surface area contributed by atoms with Crippen LogP contribution in [0.1, 0.15) is 26.5 Å². The van der Waals surface area contributed by atoms with E-state index in [1.54, 1.807) is 17.0 Å². The highest BCUT2D eigenvalue weighted by Gasteiger charge is 2.31. The number of carbonyl (C=O) groups excluding carboxylic acids is 2. The molecule has 0 aliphatic carbocycles. The average Bonchev–Trinajstić information content (AvgIpc) is 3.16.